The van der Waals surface area contributed by atoms with Crippen LogP contribution in [0.2, 0.25) is 0 Å². The first-order valence-electron chi connectivity index (χ1n) is 7.48. The Bertz CT molecular complexity index is 549. The van der Waals surface area contributed by atoms with Gasteiger partial charge in [0.25, 0.3) is 0 Å². The Labute approximate surface area is 140 Å². The van der Waals surface area contributed by atoms with Gasteiger partial charge in [-0.15, -0.1) is 0 Å². The number of hydrogen-bond donors (Lipinski definition) is 3. The summed E-state index contributed by atoms with van der Waals surface area (Å²) in [6.45, 7) is 1.09. The molecule has 132 valence electrons. The van der Waals surface area contributed by atoms with Crippen LogP contribution in [0.25, 0.3) is 0 Å². The van der Waals surface area contributed by atoms with Gasteiger partial charge < -0.3 is 25.2 Å². The van der Waals surface area contributed by atoms with E-state index in [1.54, 1.807) is 31.2 Å². The molecule has 1 aromatic carbocycles. The average molecular weight is 338 g/mol. The molecular weight excluding hydrogens is 316 g/mol. The SMILES string of the molecule is CC[C@@H](NC(=O)[C@@H](CO)NC(=O)OCc1ccccc1)C(=O)OC. The van der Waals surface area contributed by atoms with Crippen LogP contribution >= 0.6 is 0 Å². The normalized spacial score (nSPS) is 12.6. The predicted octanol–water partition coefficient (Wildman–Crippen LogP) is 0.341. The Morgan fingerprint density at radius 1 is 1.12 bits per heavy atom. The van der Waals surface area contributed by atoms with E-state index in [2.05, 4.69) is 15.4 Å². The summed E-state index contributed by atoms with van der Waals surface area (Å²) in [6.07, 6.45) is -0.533. The van der Waals surface area contributed by atoms with Crippen LogP contribution in [0.3, 0.4) is 0 Å². The number of rotatable bonds is 8. The fourth-order valence-corrected chi connectivity index (χ4v) is 1.84. The third-order valence-corrected chi connectivity index (χ3v) is 3.21. The molecule has 0 spiro atoms. The minimum absolute atomic E-state index is 0.0339. The van der Waals surface area contributed by atoms with Gasteiger partial charge in [-0.2, -0.15) is 0 Å². The van der Waals surface area contributed by atoms with Gasteiger partial charge in [-0.3, -0.25) is 4.79 Å². The zero-order valence-electron chi connectivity index (χ0n) is 13.7. The highest BCUT2D eigenvalue weighted by atomic mass is 16.5. The quantitative estimate of drug-likeness (QED) is 0.589. The van der Waals surface area contributed by atoms with Gasteiger partial charge in [-0.1, -0.05) is 37.3 Å². The van der Waals surface area contributed by atoms with Gasteiger partial charge in [0, 0.05) is 0 Å². The summed E-state index contributed by atoms with van der Waals surface area (Å²) in [6, 6.07) is 6.93. The molecule has 3 N–H and O–H groups in total. The molecule has 0 aliphatic rings. The van der Waals surface area contributed by atoms with Crippen molar-refractivity contribution in [2.75, 3.05) is 13.7 Å². The van der Waals surface area contributed by atoms with E-state index in [9.17, 15) is 19.5 Å². The van der Waals surface area contributed by atoms with Gasteiger partial charge in [0.2, 0.25) is 5.91 Å². The van der Waals surface area contributed by atoms with E-state index < -0.39 is 36.7 Å². The number of nitrogens with one attached hydrogen (secondary N) is 2. The maximum atomic E-state index is 12.0. The van der Waals surface area contributed by atoms with Crippen molar-refractivity contribution in [2.24, 2.45) is 0 Å². The van der Waals surface area contributed by atoms with E-state index >= 15 is 0 Å². The summed E-state index contributed by atoms with van der Waals surface area (Å²) >= 11 is 0. The highest BCUT2D eigenvalue weighted by Gasteiger charge is 2.26. The number of aliphatic hydroxyl groups is 1. The summed E-state index contributed by atoms with van der Waals surface area (Å²) in [7, 11) is 1.21. The Hall–Kier alpha value is -2.61. The molecule has 0 fully saturated rings. The van der Waals surface area contributed by atoms with Crippen LogP contribution < -0.4 is 10.6 Å². The van der Waals surface area contributed by atoms with E-state index in [-0.39, 0.29) is 6.61 Å². The molecular formula is C16H22N2O6. The predicted molar refractivity (Wildman–Crippen MR) is 84.9 cm³/mol. The summed E-state index contributed by atoms with van der Waals surface area (Å²) in [5.41, 5.74) is 0.786. The van der Waals surface area contributed by atoms with E-state index in [1.165, 1.54) is 7.11 Å². The first kappa shape index (κ1) is 19.4. The Morgan fingerprint density at radius 2 is 1.79 bits per heavy atom. The Balaban J connectivity index is 2.51. The number of amides is 2. The smallest absolute Gasteiger partial charge is 0.408 e. The molecule has 0 aromatic heterocycles. The second kappa shape index (κ2) is 10.2. The van der Waals surface area contributed by atoms with Gasteiger partial charge in [0.05, 0.1) is 13.7 Å². The number of esters is 1. The van der Waals surface area contributed by atoms with E-state index in [0.717, 1.165) is 5.56 Å². The van der Waals surface area contributed by atoms with Crippen LogP contribution in [0.5, 0.6) is 0 Å². The van der Waals surface area contributed by atoms with E-state index in [1.807, 2.05) is 6.07 Å². The second-order valence-corrected chi connectivity index (χ2v) is 4.93. The fraction of sp³-hybridized carbons (Fsp3) is 0.438. The zero-order chi connectivity index (χ0) is 17.9. The van der Waals surface area contributed by atoms with Crippen molar-refractivity contribution < 1.29 is 29.0 Å². The number of benzene rings is 1. The molecule has 0 radical (unpaired) electrons. The van der Waals surface area contributed by atoms with Gasteiger partial charge >= 0.3 is 12.1 Å². The van der Waals surface area contributed by atoms with E-state index in [4.69, 9.17) is 4.74 Å². The van der Waals surface area contributed by atoms with E-state index in [0.29, 0.717) is 6.42 Å². The standard InChI is InChI=1S/C16H22N2O6/c1-3-12(15(21)23-2)17-14(20)13(9-19)18-16(22)24-10-11-7-5-4-6-8-11/h4-8,12-13,19H,3,9-10H2,1-2H3,(H,17,20)(H,18,22)/t12-,13-/m1/s1. The fourth-order valence-electron chi connectivity index (χ4n) is 1.84. The number of methoxy groups -OCH3 is 1. The van der Waals surface area contributed by atoms with Gasteiger partial charge in [0.15, 0.2) is 0 Å². The van der Waals surface area contributed by atoms with Gasteiger partial charge in [-0.05, 0) is 12.0 Å². The number of aliphatic hydroxyl groups excluding tert-OH is 1. The monoisotopic (exact) mass is 338 g/mol. The largest absolute Gasteiger partial charge is 0.467 e. The molecule has 0 aliphatic carbocycles. The maximum Gasteiger partial charge on any atom is 0.408 e. The molecule has 0 saturated heterocycles. The van der Waals surface area contributed by atoms with Crippen molar-refractivity contribution >= 4 is 18.0 Å². The molecule has 1 aromatic rings. The lowest BCUT2D eigenvalue weighted by Crippen LogP contribution is -2.53. The summed E-state index contributed by atoms with van der Waals surface area (Å²) in [5.74, 6) is -1.30. The van der Waals surface area contributed by atoms with Crippen molar-refractivity contribution in [3.8, 4) is 0 Å². The van der Waals surface area contributed by atoms with Crippen LogP contribution in [-0.2, 0) is 25.7 Å². The molecule has 0 aliphatic heterocycles. The highest BCUT2D eigenvalue weighted by molar-refractivity contribution is 5.89. The first-order valence-corrected chi connectivity index (χ1v) is 7.48. The molecule has 24 heavy (non-hydrogen) atoms. The summed E-state index contributed by atoms with van der Waals surface area (Å²) in [5, 5.41) is 13.9. The second-order valence-electron chi connectivity index (χ2n) is 4.93. The highest BCUT2D eigenvalue weighted by Crippen LogP contribution is 2.01. The lowest BCUT2D eigenvalue weighted by Gasteiger charge is -2.19. The van der Waals surface area contributed by atoms with Crippen molar-refractivity contribution in [1.82, 2.24) is 10.6 Å². The van der Waals surface area contributed by atoms with Gasteiger partial charge in [-0.25, -0.2) is 9.59 Å². The molecule has 2 atom stereocenters. The molecule has 0 bridgehead atoms. The number of alkyl carbamates (subject to hydrolysis) is 1. The molecule has 0 heterocycles. The molecule has 0 saturated carbocycles. The molecule has 8 heteroatoms. The van der Waals surface area contributed by atoms with Crippen LogP contribution in [0, 0.1) is 0 Å². The minimum Gasteiger partial charge on any atom is -0.467 e. The van der Waals surface area contributed by atoms with Crippen molar-refractivity contribution in [2.45, 2.75) is 32.0 Å². The minimum atomic E-state index is -1.23. The molecule has 0 unspecified atom stereocenters. The molecule has 1 rings (SSSR count). The lowest BCUT2D eigenvalue weighted by molar-refractivity contribution is -0.145. The first-order chi connectivity index (χ1) is 11.5. The number of carbonyl (C=O) groups is 3. The maximum absolute atomic E-state index is 12.0. The number of hydrogen-bond acceptors (Lipinski definition) is 6. The van der Waals surface area contributed by atoms with Crippen LogP contribution in [0.1, 0.15) is 18.9 Å². The Morgan fingerprint density at radius 3 is 2.33 bits per heavy atom. The van der Waals surface area contributed by atoms with Gasteiger partial charge in [0.1, 0.15) is 18.7 Å². The van der Waals surface area contributed by atoms with Crippen LogP contribution in [0.15, 0.2) is 30.3 Å². The average Bonchev–Trinajstić information content (AvgIpc) is 2.62. The zero-order valence-corrected chi connectivity index (χ0v) is 13.7. The molecule has 2 amide bonds. The lowest BCUT2D eigenvalue weighted by atomic mass is 10.2. The topological polar surface area (TPSA) is 114 Å². The third kappa shape index (κ3) is 6.25. The Kier molecular flexibility index (Phi) is 8.28. The third-order valence-electron chi connectivity index (χ3n) is 3.21. The van der Waals surface area contributed by atoms with Crippen molar-refractivity contribution in [3.05, 3.63) is 35.9 Å². The van der Waals surface area contributed by atoms with Crippen LogP contribution in [0.4, 0.5) is 4.79 Å². The van der Waals surface area contributed by atoms with Crippen molar-refractivity contribution in [3.63, 3.8) is 0 Å². The number of ether oxygens (including phenoxy) is 2. The summed E-state index contributed by atoms with van der Waals surface area (Å²) in [4.78, 5) is 35.2. The molecule has 8 nitrogen and oxygen atoms in total. The van der Waals surface area contributed by atoms with Crippen molar-refractivity contribution in [1.29, 1.82) is 0 Å². The number of carbonyl (C=O) groups excluding carboxylic acids is 3. The van der Waals surface area contributed by atoms with Crippen LogP contribution in [-0.4, -0.2) is 48.9 Å². The summed E-state index contributed by atoms with van der Waals surface area (Å²) < 4.78 is 9.54.